The van der Waals surface area contributed by atoms with Crippen molar-refractivity contribution in [3.8, 4) is 0 Å². The number of rotatable bonds is 13. The van der Waals surface area contributed by atoms with E-state index in [9.17, 15) is 26.4 Å². The van der Waals surface area contributed by atoms with Crippen LogP contribution in [0.2, 0.25) is 0 Å². The molecule has 2 aromatic rings. The molecule has 318 valence electrons. The van der Waals surface area contributed by atoms with E-state index in [4.69, 9.17) is 9.47 Å². The van der Waals surface area contributed by atoms with Gasteiger partial charge < -0.3 is 20.1 Å². The number of urea groups is 2. The highest BCUT2D eigenvalue weighted by Crippen LogP contribution is 2.51. The van der Waals surface area contributed by atoms with E-state index in [0.717, 1.165) is 118 Å². The molecule has 58 heavy (non-hydrogen) atoms. The van der Waals surface area contributed by atoms with Crippen LogP contribution in [0.3, 0.4) is 0 Å². The van der Waals surface area contributed by atoms with Gasteiger partial charge in [0.25, 0.3) is 0 Å². The van der Waals surface area contributed by atoms with Gasteiger partial charge in [-0.2, -0.15) is 0 Å². The van der Waals surface area contributed by atoms with Gasteiger partial charge in [-0.15, -0.1) is 0 Å². The molecule has 4 amide bonds. The molecule has 0 radical (unpaired) electrons. The molecule has 8 rings (SSSR count). The summed E-state index contributed by atoms with van der Waals surface area (Å²) in [5.41, 5.74) is 10.7. The first kappa shape index (κ1) is 41.5. The van der Waals surface area contributed by atoms with Crippen molar-refractivity contribution in [3.63, 3.8) is 0 Å². The molecule has 2 fully saturated rings. The number of sulfonamides is 2. The number of anilines is 2. The van der Waals surface area contributed by atoms with Crippen LogP contribution in [0.4, 0.5) is 21.0 Å². The molecule has 4 unspecified atom stereocenters. The van der Waals surface area contributed by atoms with Crippen molar-refractivity contribution < 1.29 is 35.9 Å². The van der Waals surface area contributed by atoms with E-state index < -0.39 is 37.4 Å². The van der Waals surface area contributed by atoms with E-state index in [-0.39, 0.29) is 23.6 Å². The SMILES string of the molecule is CC(CCS(=O)(=O)NC(=O)Nc1c2c(cc3c1CC(C1CCc4cc5c(c(NC(=O)NS(=O)(=O)C(C)CCN6CCOCC6)c41)CCC5)C3)CCC2)N1CCOCC1. The van der Waals surface area contributed by atoms with Crippen LogP contribution in [0.25, 0.3) is 0 Å². The summed E-state index contributed by atoms with van der Waals surface area (Å²) in [5.74, 6) is 0.170. The number of ether oxygens (including phenoxy) is 2. The maximum atomic E-state index is 13.6. The van der Waals surface area contributed by atoms with Crippen molar-refractivity contribution in [2.75, 3.05) is 75.5 Å². The lowest BCUT2D eigenvalue weighted by molar-refractivity contribution is 0.0197. The van der Waals surface area contributed by atoms with E-state index >= 15 is 0 Å². The number of aryl methyl sites for hydroxylation is 3. The Morgan fingerprint density at radius 3 is 2.05 bits per heavy atom. The van der Waals surface area contributed by atoms with E-state index in [1.807, 2.05) is 6.92 Å². The molecule has 14 nitrogen and oxygen atoms in total. The topological polar surface area (TPSA) is 175 Å². The third-order valence-corrected chi connectivity index (χ3v) is 16.7. The average molecular weight is 841 g/mol. The summed E-state index contributed by atoms with van der Waals surface area (Å²) in [5, 5.41) is 5.36. The van der Waals surface area contributed by atoms with Gasteiger partial charge >= 0.3 is 12.1 Å². The minimum absolute atomic E-state index is 0.0560. The fourth-order valence-electron chi connectivity index (χ4n) is 10.4. The summed E-state index contributed by atoms with van der Waals surface area (Å²) in [7, 11) is -7.79. The van der Waals surface area contributed by atoms with Crippen LogP contribution in [0, 0.1) is 5.92 Å². The Morgan fingerprint density at radius 1 is 0.724 bits per heavy atom. The standard InChI is InChI=1S/C42H60N6O8S2/c1-27(48-16-20-56-21-17-48)12-22-57(51,52)45-41(49)43-39-35-7-3-6-30(35)24-32-25-33(26-37(32)39)34-10-9-31-23-29-5-4-8-36(29)40(38(31)34)44-42(50)46-58(53,54)28(2)11-13-47-14-18-55-19-15-47/h23-24,27-28,33-34H,3-22,25-26H2,1-2H3,(H2,43,45,49)(H2,44,46,50). The number of nitrogens with zero attached hydrogens (tertiary/aromatic N) is 2. The first-order valence-electron chi connectivity index (χ1n) is 21.4. The highest BCUT2D eigenvalue weighted by Gasteiger charge is 2.40. The lowest BCUT2D eigenvalue weighted by Gasteiger charge is -2.32. The van der Waals surface area contributed by atoms with Gasteiger partial charge in [-0.25, -0.2) is 35.9 Å². The van der Waals surface area contributed by atoms with Crippen LogP contribution < -0.4 is 20.1 Å². The maximum Gasteiger partial charge on any atom is 0.332 e. The Morgan fingerprint density at radius 2 is 1.34 bits per heavy atom. The summed E-state index contributed by atoms with van der Waals surface area (Å²) in [6.45, 7) is 9.91. The lowest BCUT2D eigenvalue weighted by Crippen LogP contribution is -2.44. The second-order valence-corrected chi connectivity index (χ2v) is 21.3. The largest absolute Gasteiger partial charge is 0.379 e. The van der Waals surface area contributed by atoms with Crippen LogP contribution in [-0.4, -0.2) is 115 Å². The molecule has 4 atom stereocenters. The van der Waals surface area contributed by atoms with Crippen molar-refractivity contribution in [1.29, 1.82) is 0 Å². The summed E-state index contributed by atoms with van der Waals surface area (Å²) in [4.78, 5) is 31.5. The van der Waals surface area contributed by atoms with Gasteiger partial charge in [0.2, 0.25) is 20.0 Å². The van der Waals surface area contributed by atoms with Crippen LogP contribution >= 0.6 is 0 Å². The molecule has 4 N–H and O–H groups in total. The van der Waals surface area contributed by atoms with Gasteiger partial charge in [-0.3, -0.25) is 9.80 Å². The van der Waals surface area contributed by atoms with Crippen molar-refractivity contribution in [1.82, 2.24) is 19.2 Å². The first-order chi connectivity index (χ1) is 27.8. The predicted molar refractivity (Wildman–Crippen MR) is 224 cm³/mol. The van der Waals surface area contributed by atoms with Gasteiger partial charge in [0.05, 0.1) is 37.4 Å². The van der Waals surface area contributed by atoms with Gasteiger partial charge in [0.15, 0.2) is 0 Å². The zero-order valence-corrected chi connectivity index (χ0v) is 35.6. The van der Waals surface area contributed by atoms with Crippen LogP contribution in [0.15, 0.2) is 12.1 Å². The molecular weight excluding hydrogens is 781 g/mol. The van der Waals surface area contributed by atoms with E-state index in [1.165, 1.54) is 22.3 Å². The molecule has 0 spiro atoms. The number of amides is 4. The number of nitrogens with one attached hydrogen (secondary N) is 4. The molecule has 4 aliphatic carbocycles. The first-order valence-corrected chi connectivity index (χ1v) is 24.6. The van der Waals surface area contributed by atoms with Gasteiger partial charge in [0.1, 0.15) is 0 Å². The second kappa shape index (κ2) is 17.4. The molecule has 16 heteroatoms. The fourth-order valence-corrected chi connectivity index (χ4v) is 12.4. The third kappa shape index (κ3) is 9.07. The number of fused-ring (bicyclic) bond motifs is 4. The van der Waals surface area contributed by atoms with Crippen molar-refractivity contribution in [3.05, 3.63) is 56.6 Å². The maximum absolute atomic E-state index is 13.6. The Hall–Kier alpha value is -3.28. The minimum atomic E-state index is -3.92. The zero-order valence-electron chi connectivity index (χ0n) is 34.0. The number of hydrogen-bond donors (Lipinski definition) is 4. The van der Waals surface area contributed by atoms with Crippen molar-refractivity contribution >= 4 is 43.5 Å². The number of morpholine rings is 2. The number of carbonyl (C=O) groups is 2. The van der Waals surface area contributed by atoms with Crippen LogP contribution in [-0.2, 0) is 74.5 Å². The molecule has 6 aliphatic rings. The molecule has 2 aromatic carbocycles. The summed E-state index contributed by atoms with van der Waals surface area (Å²) in [6.07, 6.45) is 9.58. The second-order valence-electron chi connectivity index (χ2n) is 17.3. The summed E-state index contributed by atoms with van der Waals surface area (Å²) in [6, 6.07) is 3.21. The van der Waals surface area contributed by atoms with Crippen LogP contribution in [0.5, 0.6) is 0 Å². The number of hydrogen-bond acceptors (Lipinski definition) is 10. The summed E-state index contributed by atoms with van der Waals surface area (Å²) < 4.78 is 68.5. The summed E-state index contributed by atoms with van der Waals surface area (Å²) >= 11 is 0. The highest BCUT2D eigenvalue weighted by molar-refractivity contribution is 7.90. The van der Waals surface area contributed by atoms with E-state index in [2.05, 4.69) is 42.0 Å². The fraction of sp³-hybridized carbons (Fsp3) is 0.667. The number of benzene rings is 2. The molecular formula is C42H60N6O8S2. The van der Waals surface area contributed by atoms with E-state index in [0.29, 0.717) is 52.2 Å². The van der Waals surface area contributed by atoms with Gasteiger partial charge in [-0.1, -0.05) is 12.1 Å². The predicted octanol–water partition coefficient (Wildman–Crippen LogP) is 4.23. The Balaban J connectivity index is 0.968. The molecule has 2 aliphatic heterocycles. The Kier molecular flexibility index (Phi) is 12.4. The van der Waals surface area contributed by atoms with Crippen molar-refractivity contribution in [2.45, 2.75) is 108 Å². The average Bonchev–Trinajstić information content (AvgIpc) is 4.03. The Bertz CT molecular complexity index is 2120. The van der Waals surface area contributed by atoms with E-state index in [1.54, 1.807) is 6.92 Å². The highest BCUT2D eigenvalue weighted by atomic mass is 32.2. The third-order valence-electron chi connectivity index (χ3n) is 13.7. The lowest BCUT2D eigenvalue weighted by atomic mass is 9.83. The molecule has 2 heterocycles. The van der Waals surface area contributed by atoms with Gasteiger partial charge in [0, 0.05) is 43.6 Å². The molecule has 2 saturated heterocycles. The zero-order chi connectivity index (χ0) is 40.6. The minimum Gasteiger partial charge on any atom is -0.379 e. The van der Waals surface area contributed by atoms with Crippen LogP contribution in [0.1, 0.15) is 96.4 Å². The molecule has 0 bridgehead atoms. The molecule has 0 aromatic heterocycles. The number of carbonyl (C=O) groups excluding carboxylic acids is 2. The Labute approximate surface area is 343 Å². The van der Waals surface area contributed by atoms with Gasteiger partial charge in [-0.05, 0) is 154 Å². The normalized spacial score (nSPS) is 23.1. The van der Waals surface area contributed by atoms with Crippen molar-refractivity contribution in [2.24, 2.45) is 5.92 Å². The smallest absolute Gasteiger partial charge is 0.332 e. The quantitative estimate of drug-likeness (QED) is 0.229. The molecule has 0 saturated carbocycles. The monoisotopic (exact) mass is 840 g/mol.